The van der Waals surface area contributed by atoms with Gasteiger partial charge in [0.05, 0.1) is 26.7 Å². The van der Waals surface area contributed by atoms with E-state index in [9.17, 15) is 4.79 Å². The molecule has 1 aliphatic carbocycles. The highest BCUT2D eigenvalue weighted by molar-refractivity contribution is 5.85. The SMILES string of the molecule is COc1cccc(OC)c1CC(=O)NC1CCCc2cc(N)ccc21.Cl. The van der Waals surface area contributed by atoms with E-state index in [1.165, 1.54) is 11.1 Å². The maximum Gasteiger partial charge on any atom is 0.225 e. The molecule has 0 bridgehead atoms. The van der Waals surface area contributed by atoms with Crippen LogP contribution in [0.25, 0.3) is 0 Å². The Morgan fingerprint density at radius 2 is 1.88 bits per heavy atom. The van der Waals surface area contributed by atoms with Crippen molar-refractivity contribution in [3.63, 3.8) is 0 Å². The first-order valence-electron chi connectivity index (χ1n) is 8.50. The Kier molecular flexibility index (Phi) is 6.75. The van der Waals surface area contributed by atoms with E-state index < -0.39 is 0 Å². The minimum Gasteiger partial charge on any atom is -0.496 e. The highest BCUT2D eigenvalue weighted by Gasteiger charge is 2.23. The molecule has 2 aromatic rings. The first-order chi connectivity index (χ1) is 12.1. The summed E-state index contributed by atoms with van der Waals surface area (Å²) in [6.45, 7) is 0. The Morgan fingerprint density at radius 3 is 2.54 bits per heavy atom. The molecule has 0 saturated carbocycles. The molecule has 0 heterocycles. The lowest BCUT2D eigenvalue weighted by Crippen LogP contribution is -2.32. The summed E-state index contributed by atoms with van der Waals surface area (Å²) in [7, 11) is 3.19. The molecule has 0 radical (unpaired) electrons. The second-order valence-corrected chi connectivity index (χ2v) is 6.29. The summed E-state index contributed by atoms with van der Waals surface area (Å²) < 4.78 is 10.7. The van der Waals surface area contributed by atoms with Crippen LogP contribution in [-0.2, 0) is 17.6 Å². The van der Waals surface area contributed by atoms with Gasteiger partial charge in [-0.15, -0.1) is 12.4 Å². The molecule has 0 aliphatic heterocycles. The molecule has 1 aliphatic rings. The number of nitrogens with one attached hydrogen (secondary N) is 1. The maximum atomic E-state index is 12.6. The van der Waals surface area contributed by atoms with Crippen LogP contribution < -0.4 is 20.5 Å². The van der Waals surface area contributed by atoms with Crippen LogP contribution in [0.1, 0.15) is 35.6 Å². The quantitative estimate of drug-likeness (QED) is 0.784. The van der Waals surface area contributed by atoms with E-state index in [1.54, 1.807) is 14.2 Å². The van der Waals surface area contributed by atoms with Crippen molar-refractivity contribution in [2.45, 2.75) is 31.7 Å². The fourth-order valence-corrected chi connectivity index (χ4v) is 3.49. The first kappa shape index (κ1) is 19.9. The van der Waals surface area contributed by atoms with Crippen molar-refractivity contribution < 1.29 is 14.3 Å². The van der Waals surface area contributed by atoms with Gasteiger partial charge in [-0.2, -0.15) is 0 Å². The predicted molar refractivity (Wildman–Crippen MR) is 105 cm³/mol. The zero-order chi connectivity index (χ0) is 17.8. The Labute approximate surface area is 160 Å². The zero-order valence-electron chi connectivity index (χ0n) is 15.1. The molecule has 140 valence electrons. The van der Waals surface area contributed by atoms with Crippen molar-refractivity contribution in [3.8, 4) is 11.5 Å². The summed E-state index contributed by atoms with van der Waals surface area (Å²) in [5.74, 6) is 1.27. The number of halogens is 1. The molecular weight excluding hydrogens is 352 g/mol. The topological polar surface area (TPSA) is 73.6 Å². The van der Waals surface area contributed by atoms with Crippen LogP contribution in [0.5, 0.6) is 11.5 Å². The minimum absolute atomic E-state index is 0. The van der Waals surface area contributed by atoms with E-state index in [-0.39, 0.29) is 30.8 Å². The number of fused-ring (bicyclic) bond motifs is 1. The number of aryl methyl sites for hydroxylation is 1. The van der Waals surface area contributed by atoms with Crippen molar-refractivity contribution in [1.29, 1.82) is 0 Å². The number of hydrogen-bond acceptors (Lipinski definition) is 4. The monoisotopic (exact) mass is 376 g/mol. The van der Waals surface area contributed by atoms with Gasteiger partial charge in [0.1, 0.15) is 11.5 Å². The van der Waals surface area contributed by atoms with Crippen LogP contribution in [0.2, 0.25) is 0 Å². The molecule has 3 N–H and O–H groups in total. The molecule has 1 unspecified atom stereocenters. The lowest BCUT2D eigenvalue weighted by Gasteiger charge is -2.27. The Morgan fingerprint density at radius 1 is 1.19 bits per heavy atom. The molecule has 26 heavy (non-hydrogen) atoms. The van der Waals surface area contributed by atoms with E-state index >= 15 is 0 Å². The third kappa shape index (κ3) is 4.22. The normalized spacial score (nSPS) is 15.4. The van der Waals surface area contributed by atoms with Crippen molar-refractivity contribution in [1.82, 2.24) is 5.32 Å². The standard InChI is InChI=1S/C20H24N2O3.ClH/c1-24-18-7-4-8-19(25-2)16(18)12-20(23)22-17-6-3-5-13-11-14(21)9-10-15(13)17;/h4,7-11,17H,3,5-6,12,21H2,1-2H3,(H,22,23);1H. The Hall–Kier alpha value is -2.40. The van der Waals surface area contributed by atoms with Crippen LogP contribution in [0, 0.1) is 0 Å². The number of nitrogens with two attached hydrogens (primary N) is 1. The lowest BCUT2D eigenvalue weighted by atomic mass is 9.87. The smallest absolute Gasteiger partial charge is 0.225 e. The average Bonchev–Trinajstić information content (AvgIpc) is 2.61. The van der Waals surface area contributed by atoms with Gasteiger partial charge in [-0.25, -0.2) is 0 Å². The third-order valence-electron chi connectivity index (χ3n) is 4.68. The predicted octanol–water partition coefficient (Wildman–Crippen LogP) is 3.44. The van der Waals surface area contributed by atoms with Gasteiger partial charge in [0, 0.05) is 11.3 Å². The second kappa shape index (κ2) is 8.81. The molecule has 0 spiro atoms. The van der Waals surface area contributed by atoms with Gasteiger partial charge in [-0.05, 0) is 54.7 Å². The molecule has 0 fully saturated rings. The van der Waals surface area contributed by atoms with Crippen molar-refractivity contribution in [2.75, 3.05) is 20.0 Å². The summed E-state index contributed by atoms with van der Waals surface area (Å²) in [6, 6.07) is 11.5. The number of anilines is 1. The number of nitrogen functional groups attached to an aromatic ring is 1. The van der Waals surface area contributed by atoms with E-state index in [1.807, 2.05) is 36.4 Å². The fraction of sp³-hybridized carbons (Fsp3) is 0.350. The number of rotatable bonds is 5. The maximum absolute atomic E-state index is 12.6. The van der Waals surface area contributed by atoms with E-state index in [2.05, 4.69) is 5.32 Å². The number of amides is 1. The number of methoxy groups -OCH3 is 2. The number of carbonyl (C=O) groups excluding carboxylic acids is 1. The fourth-order valence-electron chi connectivity index (χ4n) is 3.49. The van der Waals surface area contributed by atoms with Crippen molar-refractivity contribution in [2.24, 2.45) is 0 Å². The van der Waals surface area contributed by atoms with Crippen LogP contribution >= 0.6 is 12.4 Å². The van der Waals surface area contributed by atoms with E-state index in [4.69, 9.17) is 15.2 Å². The van der Waals surface area contributed by atoms with Gasteiger partial charge < -0.3 is 20.5 Å². The summed E-state index contributed by atoms with van der Waals surface area (Å²) in [5, 5.41) is 3.15. The highest BCUT2D eigenvalue weighted by Crippen LogP contribution is 2.32. The summed E-state index contributed by atoms with van der Waals surface area (Å²) in [5.41, 5.74) is 9.81. The number of ether oxygens (including phenoxy) is 2. The molecule has 0 aromatic heterocycles. The van der Waals surface area contributed by atoms with Gasteiger partial charge in [-0.1, -0.05) is 12.1 Å². The average molecular weight is 377 g/mol. The van der Waals surface area contributed by atoms with Crippen molar-refractivity contribution in [3.05, 3.63) is 53.1 Å². The second-order valence-electron chi connectivity index (χ2n) is 6.29. The summed E-state index contributed by atoms with van der Waals surface area (Å²) >= 11 is 0. The molecule has 5 nitrogen and oxygen atoms in total. The summed E-state index contributed by atoms with van der Waals surface area (Å²) in [4.78, 5) is 12.6. The van der Waals surface area contributed by atoms with Crippen LogP contribution in [0.3, 0.4) is 0 Å². The number of carbonyl (C=O) groups is 1. The van der Waals surface area contributed by atoms with Crippen LogP contribution in [0.4, 0.5) is 5.69 Å². The number of hydrogen-bond donors (Lipinski definition) is 2. The van der Waals surface area contributed by atoms with Gasteiger partial charge in [0.25, 0.3) is 0 Å². The molecule has 2 aromatic carbocycles. The van der Waals surface area contributed by atoms with E-state index in [0.717, 1.165) is 30.5 Å². The lowest BCUT2D eigenvalue weighted by molar-refractivity contribution is -0.121. The highest BCUT2D eigenvalue weighted by atomic mass is 35.5. The Balaban J connectivity index is 0.00000243. The van der Waals surface area contributed by atoms with Gasteiger partial charge in [-0.3, -0.25) is 4.79 Å². The molecule has 6 heteroatoms. The molecule has 3 rings (SSSR count). The first-order valence-corrected chi connectivity index (χ1v) is 8.50. The Bertz CT molecular complexity index is 757. The van der Waals surface area contributed by atoms with Crippen LogP contribution in [0.15, 0.2) is 36.4 Å². The zero-order valence-corrected chi connectivity index (χ0v) is 15.9. The van der Waals surface area contributed by atoms with Crippen molar-refractivity contribution >= 4 is 24.0 Å². The van der Waals surface area contributed by atoms with Gasteiger partial charge >= 0.3 is 0 Å². The molecule has 1 atom stereocenters. The molecular formula is C20H25ClN2O3. The minimum atomic E-state index is -0.0440. The van der Waals surface area contributed by atoms with Gasteiger partial charge in [0.15, 0.2) is 0 Å². The molecule has 0 saturated heterocycles. The largest absolute Gasteiger partial charge is 0.496 e. The number of benzene rings is 2. The van der Waals surface area contributed by atoms with Crippen LogP contribution in [-0.4, -0.2) is 20.1 Å². The van der Waals surface area contributed by atoms with Gasteiger partial charge in [0.2, 0.25) is 5.91 Å². The molecule has 1 amide bonds. The van der Waals surface area contributed by atoms with E-state index in [0.29, 0.717) is 11.5 Å². The summed E-state index contributed by atoms with van der Waals surface area (Å²) in [6.07, 6.45) is 3.20. The third-order valence-corrected chi connectivity index (χ3v) is 4.68.